The highest BCUT2D eigenvalue weighted by molar-refractivity contribution is 5.84. The number of hydrogen-bond acceptors (Lipinski definition) is 3. The number of likely N-dealkylation sites (tertiary alicyclic amines) is 1. The van der Waals surface area contributed by atoms with Crippen molar-refractivity contribution in [2.24, 2.45) is 5.73 Å². The molecule has 9 heteroatoms. The molecule has 158 valence electrons. The van der Waals surface area contributed by atoms with Gasteiger partial charge in [-0.15, -0.1) is 0 Å². The van der Waals surface area contributed by atoms with Crippen molar-refractivity contribution < 1.29 is 26.7 Å². The van der Waals surface area contributed by atoms with Crippen molar-refractivity contribution in [1.29, 1.82) is 0 Å². The molecule has 3 atom stereocenters. The van der Waals surface area contributed by atoms with Gasteiger partial charge in [0.1, 0.15) is 12.0 Å². The lowest BCUT2D eigenvalue weighted by Gasteiger charge is -2.29. The van der Waals surface area contributed by atoms with Gasteiger partial charge >= 0.3 is 0 Å². The molecule has 0 saturated carbocycles. The van der Waals surface area contributed by atoms with Crippen LogP contribution >= 0.6 is 0 Å². The normalized spacial score (nSPS) is 20.2. The Kier molecular flexibility index (Phi) is 7.39. The second kappa shape index (κ2) is 9.17. The Morgan fingerprint density at radius 1 is 1.29 bits per heavy atom. The van der Waals surface area contributed by atoms with Crippen molar-refractivity contribution in [3.05, 3.63) is 35.1 Å². The van der Waals surface area contributed by atoms with E-state index in [1.165, 1.54) is 0 Å². The predicted molar refractivity (Wildman–Crippen MR) is 95.7 cm³/mol. The standard InChI is InChI=1S/C19H26F5N3O/c1-19(2,24)18(28)26-9-12-4-3-5-27(12)10-16(23)17(25)7-11-6-14(21)15(22)8-13(11)20/h6,8,12,16-17H,3-5,7,9-10,25H2,1-2H3,(H,26,28)/t12?,16?,17-/m1/s1. The van der Waals surface area contributed by atoms with Crippen LogP contribution in [0.25, 0.3) is 0 Å². The summed E-state index contributed by atoms with van der Waals surface area (Å²) in [6.45, 7) is 3.04. The first-order valence-corrected chi connectivity index (χ1v) is 9.23. The summed E-state index contributed by atoms with van der Waals surface area (Å²) in [4.78, 5) is 13.5. The van der Waals surface area contributed by atoms with Gasteiger partial charge in [0.15, 0.2) is 17.3 Å². The molecule has 1 heterocycles. The first-order valence-electron chi connectivity index (χ1n) is 9.23. The molecule has 4 nitrogen and oxygen atoms in total. The van der Waals surface area contributed by atoms with Crippen LogP contribution < -0.4 is 11.1 Å². The summed E-state index contributed by atoms with van der Waals surface area (Å²) in [5, 5.41) is 2.52. The molecular formula is C19H26F5N3O. The van der Waals surface area contributed by atoms with E-state index in [0.717, 1.165) is 20.3 Å². The number of alkyl halides is 2. The third-order valence-corrected chi connectivity index (χ3v) is 4.96. The van der Waals surface area contributed by atoms with Crippen LogP contribution in [0, 0.1) is 17.5 Å². The van der Waals surface area contributed by atoms with E-state index >= 15 is 0 Å². The maximum Gasteiger partial charge on any atom is 0.257 e. The van der Waals surface area contributed by atoms with Gasteiger partial charge in [-0.3, -0.25) is 9.69 Å². The fraction of sp³-hybridized carbons (Fsp3) is 0.632. The minimum atomic E-state index is -2.00. The van der Waals surface area contributed by atoms with Gasteiger partial charge in [-0.05, 0) is 51.3 Å². The average Bonchev–Trinajstić information content (AvgIpc) is 3.03. The summed E-state index contributed by atoms with van der Waals surface area (Å²) < 4.78 is 68.2. The van der Waals surface area contributed by atoms with Crippen molar-refractivity contribution in [3.8, 4) is 0 Å². The molecule has 28 heavy (non-hydrogen) atoms. The van der Waals surface area contributed by atoms with Crippen molar-refractivity contribution in [2.45, 2.75) is 57.0 Å². The third-order valence-electron chi connectivity index (χ3n) is 4.96. The minimum Gasteiger partial charge on any atom is -0.352 e. The molecule has 1 aliphatic heterocycles. The Morgan fingerprint density at radius 3 is 2.57 bits per heavy atom. The molecule has 1 saturated heterocycles. The lowest BCUT2D eigenvalue weighted by atomic mass is 10.0. The number of carbonyl (C=O) groups excluding carboxylic acids is 1. The van der Waals surface area contributed by atoms with E-state index in [4.69, 9.17) is 5.73 Å². The van der Waals surface area contributed by atoms with Crippen LogP contribution in [0.2, 0.25) is 0 Å². The van der Waals surface area contributed by atoms with E-state index in [1.54, 1.807) is 4.90 Å². The highest BCUT2D eigenvalue weighted by Crippen LogP contribution is 2.21. The monoisotopic (exact) mass is 407 g/mol. The van der Waals surface area contributed by atoms with Crippen molar-refractivity contribution in [3.63, 3.8) is 0 Å². The molecule has 1 aromatic rings. The van der Waals surface area contributed by atoms with Gasteiger partial charge in [-0.1, -0.05) is 0 Å². The zero-order chi connectivity index (χ0) is 21.1. The summed E-state index contributed by atoms with van der Waals surface area (Å²) >= 11 is 0. The van der Waals surface area contributed by atoms with Crippen LogP contribution in [0.1, 0.15) is 32.3 Å². The van der Waals surface area contributed by atoms with E-state index in [2.05, 4.69) is 5.32 Å². The van der Waals surface area contributed by atoms with Crippen LogP contribution in [-0.2, 0) is 11.2 Å². The third kappa shape index (κ3) is 5.88. The minimum absolute atomic E-state index is 0.0496. The summed E-state index contributed by atoms with van der Waals surface area (Å²) in [7, 11) is 0. The number of nitrogens with zero attached hydrogens (tertiary/aromatic N) is 1. The van der Waals surface area contributed by atoms with Crippen LogP contribution in [0.4, 0.5) is 22.0 Å². The Morgan fingerprint density at radius 2 is 1.93 bits per heavy atom. The number of amides is 1. The Balaban J connectivity index is 1.91. The van der Waals surface area contributed by atoms with Gasteiger partial charge in [0.05, 0.1) is 0 Å². The van der Waals surface area contributed by atoms with Crippen LogP contribution in [0.3, 0.4) is 0 Å². The van der Waals surface area contributed by atoms with Crippen LogP contribution in [0.5, 0.6) is 0 Å². The topological polar surface area (TPSA) is 58.4 Å². The van der Waals surface area contributed by atoms with Crippen LogP contribution in [0.15, 0.2) is 12.1 Å². The fourth-order valence-corrected chi connectivity index (χ4v) is 3.25. The summed E-state index contributed by atoms with van der Waals surface area (Å²) in [5.74, 6) is -4.24. The number of nitrogens with two attached hydrogens (primary N) is 1. The molecule has 1 aromatic carbocycles. The number of rotatable bonds is 8. The van der Waals surface area contributed by atoms with Gasteiger partial charge in [0.25, 0.3) is 5.91 Å². The lowest BCUT2D eigenvalue weighted by Crippen LogP contribution is -2.48. The summed E-state index contributed by atoms with van der Waals surface area (Å²) in [6.07, 6.45) is -0.317. The Labute approximate surface area is 161 Å². The maximum atomic E-state index is 14.6. The van der Waals surface area contributed by atoms with Gasteiger partial charge in [-0.2, -0.15) is 0 Å². The molecule has 0 aromatic heterocycles. The highest BCUT2D eigenvalue weighted by atomic mass is 19.2. The van der Waals surface area contributed by atoms with Gasteiger partial charge in [0, 0.05) is 31.2 Å². The molecule has 2 rings (SSSR count). The number of benzene rings is 1. The summed E-state index contributed by atoms with van der Waals surface area (Å²) in [6, 6.07) is -0.169. The summed E-state index contributed by atoms with van der Waals surface area (Å²) in [5.41, 5.74) is 3.62. The molecule has 2 unspecified atom stereocenters. The molecule has 1 fully saturated rings. The second-order valence-corrected chi connectivity index (χ2v) is 7.72. The maximum absolute atomic E-state index is 14.6. The average molecular weight is 407 g/mol. The zero-order valence-electron chi connectivity index (χ0n) is 16.0. The number of nitrogens with one attached hydrogen (secondary N) is 1. The first-order chi connectivity index (χ1) is 13.0. The SMILES string of the molecule is CC(C)(F)C(=O)NCC1CCCN1CC(F)[C@H](N)Cc1cc(F)c(F)cc1F. The predicted octanol–water partition coefficient (Wildman–Crippen LogP) is 2.64. The van der Waals surface area contributed by atoms with E-state index < -0.39 is 41.2 Å². The van der Waals surface area contributed by atoms with Gasteiger partial charge in [-0.25, -0.2) is 22.0 Å². The van der Waals surface area contributed by atoms with Crippen LogP contribution in [-0.4, -0.2) is 54.4 Å². The second-order valence-electron chi connectivity index (χ2n) is 7.72. The fourth-order valence-electron chi connectivity index (χ4n) is 3.25. The molecule has 0 radical (unpaired) electrons. The molecule has 1 aliphatic rings. The quantitative estimate of drug-likeness (QED) is 0.515. The Bertz CT molecular complexity index is 695. The number of halogens is 5. The van der Waals surface area contributed by atoms with E-state index in [1.807, 2.05) is 0 Å². The number of hydrogen-bond donors (Lipinski definition) is 2. The molecule has 0 spiro atoms. The van der Waals surface area contributed by atoms with E-state index in [-0.39, 0.29) is 31.1 Å². The van der Waals surface area contributed by atoms with Crippen molar-refractivity contribution in [2.75, 3.05) is 19.6 Å². The van der Waals surface area contributed by atoms with E-state index in [9.17, 15) is 26.7 Å². The molecule has 0 aliphatic carbocycles. The van der Waals surface area contributed by atoms with Gasteiger partial charge in [0.2, 0.25) is 0 Å². The lowest BCUT2D eigenvalue weighted by molar-refractivity contribution is -0.131. The molecule has 1 amide bonds. The largest absolute Gasteiger partial charge is 0.352 e. The van der Waals surface area contributed by atoms with Crippen molar-refractivity contribution >= 4 is 5.91 Å². The first kappa shape index (κ1) is 22.5. The molecular weight excluding hydrogens is 381 g/mol. The Hall–Kier alpha value is -1.74. The van der Waals surface area contributed by atoms with Crippen molar-refractivity contribution in [1.82, 2.24) is 10.2 Å². The zero-order valence-corrected chi connectivity index (χ0v) is 16.0. The smallest absolute Gasteiger partial charge is 0.257 e. The molecule has 0 bridgehead atoms. The molecule has 3 N–H and O–H groups in total. The van der Waals surface area contributed by atoms with E-state index in [0.29, 0.717) is 25.1 Å². The number of carbonyl (C=O) groups is 1. The van der Waals surface area contributed by atoms with Gasteiger partial charge < -0.3 is 11.1 Å². The highest BCUT2D eigenvalue weighted by Gasteiger charge is 2.32.